The van der Waals surface area contributed by atoms with Crippen molar-refractivity contribution in [3.63, 3.8) is 0 Å². The normalized spacial score (nSPS) is 10.5. The quantitative estimate of drug-likeness (QED) is 0.875. The van der Waals surface area contributed by atoms with E-state index in [4.69, 9.17) is 11.6 Å². The van der Waals surface area contributed by atoms with E-state index in [2.05, 4.69) is 20.3 Å². The molecule has 2 aromatic rings. The third-order valence-electron chi connectivity index (χ3n) is 2.46. The van der Waals surface area contributed by atoms with Gasteiger partial charge in [0.05, 0.1) is 0 Å². The predicted molar refractivity (Wildman–Crippen MR) is 73.3 cm³/mol. The average Bonchev–Trinajstić information content (AvgIpc) is 2.39. The molecule has 98 valence electrons. The van der Waals surface area contributed by atoms with Crippen LogP contribution in [0.5, 0.6) is 0 Å². The molecule has 1 N–H and O–H groups in total. The zero-order valence-corrected chi connectivity index (χ0v) is 11.3. The standard InChI is InChI=1S/C13H13ClN4O/c1-8(2)10-6-9(7-11(14)17-10)12(19)18-13-15-4-3-5-16-13/h3-8H,1-2H3,(H,15,16,18,19). The summed E-state index contributed by atoms with van der Waals surface area (Å²) in [6.07, 6.45) is 3.11. The van der Waals surface area contributed by atoms with E-state index in [1.165, 1.54) is 6.07 Å². The molecule has 0 aliphatic carbocycles. The summed E-state index contributed by atoms with van der Waals surface area (Å²) in [4.78, 5) is 24.1. The molecule has 19 heavy (non-hydrogen) atoms. The third-order valence-corrected chi connectivity index (χ3v) is 2.65. The number of nitrogens with zero attached hydrogens (tertiary/aromatic N) is 3. The van der Waals surface area contributed by atoms with Gasteiger partial charge in [-0.05, 0) is 24.1 Å². The van der Waals surface area contributed by atoms with Gasteiger partial charge in [0, 0.05) is 23.7 Å². The van der Waals surface area contributed by atoms with E-state index < -0.39 is 0 Å². The molecule has 0 radical (unpaired) electrons. The number of pyridine rings is 1. The lowest BCUT2D eigenvalue weighted by Crippen LogP contribution is -2.14. The molecule has 2 rings (SSSR count). The highest BCUT2D eigenvalue weighted by Crippen LogP contribution is 2.18. The van der Waals surface area contributed by atoms with Crippen molar-refractivity contribution in [2.75, 3.05) is 5.32 Å². The van der Waals surface area contributed by atoms with Crippen molar-refractivity contribution in [2.45, 2.75) is 19.8 Å². The van der Waals surface area contributed by atoms with E-state index in [1.54, 1.807) is 24.5 Å². The first kappa shape index (κ1) is 13.4. The number of carbonyl (C=O) groups excluding carboxylic acids is 1. The fraction of sp³-hybridized carbons (Fsp3) is 0.231. The predicted octanol–water partition coefficient (Wildman–Crippen LogP) is 2.90. The molecule has 0 aliphatic rings. The molecule has 0 fully saturated rings. The van der Waals surface area contributed by atoms with Gasteiger partial charge in [0.1, 0.15) is 5.15 Å². The zero-order chi connectivity index (χ0) is 13.8. The Morgan fingerprint density at radius 1 is 1.26 bits per heavy atom. The van der Waals surface area contributed by atoms with E-state index in [9.17, 15) is 4.79 Å². The smallest absolute Gasteiger partial charge is 0.258 e. The van der Waals surface area contributed by atoms with Crippen molar-refractivity contribution in [1.82, 2.24) is 15.0 Å². The Morgan fingerprint density at radius 3 is 2.58 bits per heavy atom. The van der Waals surface area contributed by atoms with Crippen molar-refractivity contribution in [3.8, 4) is 0 Å². The Hall–Kier alpha value is -2.01. The highest BCUT2D eigenvalue weighted by Gasteiger charge is 2.12. The van der Waals surface area contributed by atoms with Gasteiger partial charge in [-0.3, -0.25) is 10.1 Å². The number of hydrogen-bond donors (Lipinski definition) is 1. The maximum atomic E-state index is 12.1. The van der Waals surface area contributed by atoms with Crippen LogP contribution >= 0.6 is 11.6 Å². The lowest BCUT2D eigenvalue weighted by Gasteiger charge is -2.08. The molecule has 5 nitrogen and oxygen atoms in total. The second kappa shape index (κ2) is 5.75. The van der Waals surface area contributed by atoms with Gasteiger partial charge < -0.3 is 0 Å². The van der Waals surface area contributed by atoms with E-state index >= 15 is 0 Å². The van der Waals surface area contributed by atoms with Crippen LogP contribution in [0.3, 0.4) is 0 Å². The van der Waals surface area contributed by atoms with E-state index in [0.717, 1.165) is 5.69 Å². The van der Waals surface area contributed by atoms with Crippen molar-refractivity contribution in [1.29, 1.82) is 0 Å². The molecule has 0 bridgehead atoms. The van der Waals surface area contributed by atoms with Crippen LogP contribution in [0.1, 0.15) is 35.8 Å². The summed E-state index contributed by atoms with van der Waals surface area (Å²) in [5.41, 5.74) is 1.21. The molecular formula is C13H13ClN4O. The maximum Gasteiger partial charge on any atom is 0.258 e. The van der Waals surface area contributed by atoms with E-state index in [1.807, 2.05) is 13.8 Å². The minimum absolute atomic E-state index is 0.193. The molecule has 0 saturated carbocycles. The van der Waals surface area contributed by atoms with Gasteiger partial charge in [-0.15, -0.1) is 0 Å². The lowest BCUT2D eigenvalue weighted by atomic mass is 10.1. The van der Waals surface area contributed by atoms with E-state index in [-0.39, 0.29) is 17.8 Å². The number of anilines is 1. The number of hydrogen-bond acceptors (Lipinski definition) is 4. The first-order valence-electron chi connectivity index (χ1n) is 5.82. The summed E-state index contributed by atoms with van der Waals surface area (Å²) in [5, 5.41) is 2.90. The molecule has 0 saturated heterocycles. The number of halogens is 1. The minimum atomic E-state index is -0.308. The second-order valence-electron chi connectivity index (χ2n) is 4.28. The summed E-state index contributed by atoms with van der Waals surface area (Å²) >= 11 is 5.92. The zero-order valence-electron chi connectivity index (χ0n) is 10.6. The molecule has 1 amide bonds. The van der Waals surface area contributed by atoms with Crippen LogP contribution in [0.4, 0.5) is 5.95 Å². The summed E-state index contributed by atoms with van der Waals surface area (Å²) in [7, 11) is 0. The van der Waals surface area contributed by atoms with Gasteiger partial charge in [-0.2, -0.15) is 0 Å². The Balaban J connectivity index is 2.24. The highest BCUT2D eigenvalue weighted by atomic mass is 35.5. The molecule has 0 unspecified atom stereocenters. The average molecular weight is 277 g/mol. The summed E-state index contributed by atoms with van der Waals surface area (Å²) in [6.45, 7) is 3.97. The number of rotatable bonds is 3. The Bertz CT molecular complexity index is 586. The van der Waals surface area contributed by atoms with Crippen LogP contribution in [0.2, 0.25) is 5.15 Å². The Labute approximate surface area is 116 Å². The SMILES string of the molecule is CC(C)c1cc(C(=O)Nc2ncccn2)cc(Cl)n1. The van der Waals surface area contributed by atoms with Crippen LogP contribution in [0.25, 0.3) is 0 Å². The van der Waals surface area contributed by atoms with E-state index in [0.29, 0.717) is 10.7 Å². The van der Waals surface area contributed by atoms with Gasteiger partial charge >= 0.3 is 0 Å². The molecule has 0 aromatic carbocycles. The fourth-order valence-electron chi connectivity index (χ4n) is 1.48. The van der Waals surface area contributed by atoms with Gasteiger partial charge in [0.2, 0.25) is 5.95 Å². The topological polar surface area (TPSA) is 67.8 Å². The highest BCUT2D eigenvalue weighted by molar-refractivity contribution is 6.29. The Kier molecular flexibility index (Phi) is 4.06. The van der Waals surface area contributed by atoms with Crippen LogP contribution < -0.4 is 5.32 Å². The van der Waals surface area contributed by atoms with Crippen molar-refractivity contribution < 1.29 is 4.79 Å². The molecule has 0 aliphatic heterocycles. The van der Waals surface area contributed by atoms with Gasteiger partial charge in [0.25, 0.3) is 5.91 Å². The maximum absolute atomic E-state index is 12.1. The van der Waals surface area contributed by atoms with Gasteiger partial charge in [-0.1, -0.05) is 25.4 Å². The number of amides is 1. The first-order valence-corrected chi connectivity index (χ1v) is 6.20. The second-order valence-corrected chi connectivity index (χ2v) is 4.67. The molecular weight excluding hydrogens is 264 g/mol. The number of carbonyl (C=O) groups is 1. The van der Waals surface area contributed by atoms with Crippen LogP contribution in [-0.2, 0) is 0 Å². The first-order chi connectivity index (χ1) is 9.06. The monoisotopic (exact) mass is 276 g/mol. The number of aromatic nitrogens is 3. The van der Waals surface area contributed by atoms with Crippen LogP contribution in [0, 0.1) is 0 Å². The Morgan fingerprint density at radius 2 is 1.95 bits per heavy atom. The summed E-state index contributed by atoms with van der Waals surface area (Å²) in [6, 6.07) is 4.91. The summed E-state index contributed by atoms with van der Waals surface area (Å²) in [5.74, 6) is 0.141. The molecule has 0 atom stereocenters. The molecule has 6 heteroatoms. The van der Waals surface area contributed by atoms with Gasteiger partial charge in [-0.25, -0.2) is 15.0 Å². The van der Waals surface area contributed by atoms with Crippen molar-refractivity contribution in [2.24, 2.45) is 0 Å². The van der Waals surface area contributed by atoms with Crippen LogP contribution in [-0.4, -0.2) is 20.9 Å². The fourth-order valence-corrected chi connectivity index (χ4v) is 1.70. The molecule has 0 spiro atoms. The summed E-state index contributed by atoms with van der Waals surface area (Å²) < 4.78 is 0. The minimum Gasteiger partial charge on any atom is -0.290 e. The molecule has 2 aromatic heterocycles. The van der Waals surface area contributed by atoms with Crippen molar-refractivity contribution in [3.05, 3.63) is 47.0 Å². The van der Waals surface area contributed by atoms with Crippen molar-refractivity contribution >= 4 is 23.5 Å². The lowest BCUT2D eigenvalue weighted by molar-refractivity contribution is 0.102. The number of nitrogens with one attached hydrogen (secondary N) is 1. The van der Waals surface area contributed by atoms with Crippen LogP contribution in [0.15, 0.2) is 30.6 Å². The van der Waals surface area contributed by atoms with Gasteiger partial charge in [0.15, 0.2) is 0 Å². The largest absolute Gasteiger partial charge is 0.290 e. The molecule has 2 heterocycles. The third kappa shape index (κ3) is 3.48.